The summed E-state index contributed by atoms with van der Waals surface area (Å²) in [4.78, 5) is 38.3. The van der Waals surface area contributed by atoms with Crippen LogP contribution in [0.15, 0.2) is 85.1 Å². The molecule has 78 heavy (non-hydrogen) atoms. The van der Waals surface area contributed by atoms with Gasteiger partial charge in [-0.2, -0.15) is 0 Å². The monoisotopic (exact) mass is 1090 g/mol. The summed E-state index contributed by atoms with van der Waals surface area (Å²) in [5.41, 5.74) is 0. The fourth-order valence-electron chi connectivity index (χ4n) is 9.62. The number of carbonyl (C=O) groups excluding carboxylic acids is 3. The molecule has 0 aromatic rings. The molecule has 0 aromatic carbocycles. The van der Waals surface area contributed by atoms with Gasteiger partial charge in [-0.15, -0.1) is 0 Å². The van der Waals surface area contributed by atoms with Crippen molar-refractivity contribution in [2.24, 2.45) is 0 Å². The van der Waals surface area contributed by atoms with Gasteiger partial charge in [0.15, 0.2) is 6.10 Å². The van der Waals surface area contributed by atoms with E-state index in [0.29, 0.717) is 19.3 Å². The van der Waals surface area contributed by atoms with Gasteiger partial charge in [0, 0.05) is 19.3 Å². The third kappa shape index (κ3) is 63.4. The van der Waals surface area contributed by atoms with Gasteiger partial charge in [0.25, 0.3) is 0 Å². The molecular weight excluding hydrogens is 961 g/mol. The molecular formula is C72H126O6. The van der Waals surface area contributed by atoms with Crippen molar-refractivity contribution in [2.75, 3.05) is 13.2 Å². The molecule has 0 fully saturated rings. The molecule has 6 heteroatoms. The summed E-state index contributed by atoms with van der Waals surface area (Å²) >= 11 is 0. The van der Waals surface area contributed by atoms with Crippen molar-refractivity contribution in [2.45, 2.75) is 341 Å². The van der Waals surface area contributed by atoms with E-state index in [9.17, 15) is 14.4 Å². The molecule has 0 aliphatic heterocycles. The first-order chi connectivity index (χ1) is 38.5. The number of rotatable bonds is 61. The lowest BCUT2D eigenvalue weighted by atomic mass is 10.0. The third-order valence-corrected chi connectivity index (χ3v) is 14.6. The number of ether oxygens (including phenoxy) is 3. The van der Waals surface area contributed by atoms with Crippen LogP contribution in [0.3, 0.4) is 0 Å². The van der Waals surface area contributed by atoms with Gasteiger partial charge >= 0.3 is 17.9 Å². The Kier molecular flexibility index (Phi) is 63.2. The molecule has 0 heterocycles. The number of hydrogen-bond donors (Lipinski definition) is 0. The smallest absolute Gasteiger partial charge is 0.306 e. The Hall–Kier alpha value is -3.41. The van der Waals surface area contributed by atoms with E-state index in [1.165, 1.54) is 193 Å². The van der Waals surface area contributed by atoms with Gasteiger partial charge in [0.1, 0.15) is 13.2 Å². The van der Waals surface area contributed by atoms with Gasteiger partial charge < -0.3 is 14.2 Å². The molecule has 0 radical (unpaired) electrons. The maximum Gasteiger partial charge on any atom is 0.306 e. The van der Waals surface area contributed by atoms with Crippen LogP contribution in [0.2, 0.25) is 0 Å². The first-order valence-electron chi connectivity index (χ1n) is 33.6. The van der Waals surface area contributed by atoms with Crippen LogP contribution in [0.4, 0.5) is 0 Å². The molecule has 6 nitrogen and oxygen atoms in total. The van der Waals surface area contributed by atoms with Crippen molar-refractivity contribution in [3.8, 4) is 0 Å². The number of allylic oxidation sites excluding steroid dienone is 14. The van der Waals surface area contributed by atoms with E-state index in [1.807, 2.05) is 0 Å². The van der Waals surface area contributed by atoms with Crippen LogP contribution in [-0.2, 0) is 28.6 Å². The zero-order valence-corrected chi connectivity index (χ0v) is 51.7. The molecule has 0 rings (SSSR count). The van der Waals surface area contributed by atoms with Crippen molar-refractivity contribution in [3.63, 3.8) is 0 Å². The van der Waals surface area contributed by atoms with Crippen molar-refractivity contribution >= 4 is 17.9 Å². The van der Waals surface area contributed by atoms with E-state index in [-0.39, 0.29) is 31.1 Å². The molecule has 0 amide bonds. The summed E-state index contributed by atoms with van der Waals surface area (Å²) in [7, 11) is 0. The zero-order chi connectivity index (χ0) is 56.4. The van der Waals surface area contributed by atoms with Crippen LogP contribution in [-0.4, -0.2) is 37.2 Å². The van der Waals surface area contributed by atoms with E-state index in [1.54, 1.807) is 0 Å². The van der Waals surface area contributed by atoms with Gasteiger partial charge in [-0.3, -0.25) is 14.4 Å². The largest absolute Gasteiger partial charge is 0.462 e. The molecule has 0 saturated carbocycles. The highest BCUT2D eigenvalue weighted by Gasteiger charge is 2.19. The molecule has 450 valence electrons. The maximum atomic E-state index is 12.9. The lowest BCUT2D eigenvalue weighted by molar-refractivity contribution is -0.167. The Labute approximate surface area is 484 Å². The summed E-state index contributed by atoms with van der Waals surface area (Å²) < 4.78 is 16.9. The number of unbranched alkanes of at least 4 members (excludes halogenated alkanes) is 36. The molecule has 1 atom stereocenters. The minimum absolute atomic E-state index is 0.0757. The fourth-order valence-corrected chi connectivity index (χ4v) is 9.62. The Morgan fingerprint density at radius 3 is 0.795 bits per heavy atom. The second kappa shape index (κ2) is 66.1. The second-order valence-electron chi connectivity index (χ2n) is 22.4. The Bertz CT molecular complexity index is 1480. The quantitative estimate of drug-likeness (QED) is 0.0261. The average Bonchev–Trinajstić information content (AvgIpc) is 3.44. The van der Waals surface area contributed by atoms with E-state index in [2.05, 4.69) is 106 Å². The molecule has 0 spiro atoms. The van der Waals surface area contributed by atoms with Crippen LogP contribution in [0, 0.1) is 0 Å². The summed E-state index contributed by atoms with van der Waals surface area (Å²) in [6.07, 6.45) is 87.4. The van der Waals surface area contributed by atoms with Crippen molar-refractivity contribution in [1.29, 1.82) is 0 Å². The lowest BCUT2D eigenvalue weighted by Crippen LogP contribution is -2.30. The number of hydrogen-bond acceptors (Lipinski definition) is 6. The van der Waals surface area contributed by atoms with E-state index in [0.717, 1.165) is 103 Å². The van der Waals surface area contributed by atoms with Crippen molar-refractivity contribution in [3.05, 3.63) is 85.1 Å². The first-order valence-corrected chi connectivity index (χ1v) is 33.6. The molecule has 0 N–H and O–H groups in total. The van der Waals surface area contributed by atoms with Gasteiger partial charge in [-0.25, -0.2) is 0 Å². The predicted molar refractivity (Wildman–Crippen MR) is 339 cm³/mol. The topological polar surface area (TPSA) is 78.9 Å². The first kappa shape index (κ1) is 74.6. The predicted octanol–water partition coefficient (Wildman–Crippen LogP) is 23.1. The molecule has 1 unspecified atom stereocenters. The van der Waals surface area contributed by atoms with Crippen molar-refractivity contribution < 1.29 is 28.6 Å². The van der Waals surface area contributed by atoms with E-state index in [4.69, 9.17) is 14.2 Å². The van der Waals surface area contributed by atoms with Gasteiger partial charge in [0.05, 0.1) is 0 Å². The highest BCUT2D eigenvalue weighted by Crippen LogP contribution is 2.17. The molecule has 0 aliphatic carbocycles. The molecule has 0 aromatic heterocycles. The molecule has 0 bridgehead atoms. The normalized spacial score (nSPS) is 12.6. The van der Waals surface area contributed by atoms with Crippen LogP contribution in [0.25, 0.3) is 0 Å². The minimum Gasteiger partial charge on any atom is -0.462 e. The van der Waals surface area contributed by atoms with Gasteiger partial charge in [-0.05, 0) is 96.3 Å². The second-order valence-corrected chi connectivity index (χ2v) is 22.4. The molecule has 0 aliphatic rings. The summed E-state index contributed by atoms with van der Waals surface area (Å²) in [5.74, 6) is -0.868. The fraction of sp³-hybridized carbons (Fsp3) is 0.764. The summed E-state index contributed by atoms with van der Waals surface area (Å²) in [6.45, 7) is 6.54. The van der Waals surface area contributed by atoms with Crippen LogP contribution >= 0.6 is 0 Å². The van der Waals surface area contributed by atoms with Crippen LogP contribution in [0.5, 0.6) is 0 Å². The zero-order valence-electron chi connectivity index (χ0n) is 51.7. The van der Waals surface area contributed by atoms with Gasteiger partial charge in [-0.1, -0.05) is 305 Å². The Morgan fingerprint density at radius 2 is 0.500 bits per heavy atom. The average molecular weight is 1090 g/mol. The standard InChI is InChI=1S/C72H126O6/c1-4-7-10-13-16-19-22-25-27-29-31-32-33-34-35-36-37-38-39-40-41-43-44-47-50-53-56-59-62-65-71(74)77-68-69(67-76-70(73)64-61-58-55-52-49-46-24-21-18-15-12-9-6-3)78-72(75)66-63-60-57-54-51-48-45-42-30-28-26-23-20-17-14-11-8-5-2/h7,10,16,19-20,23,25,27-28,30-32,34-35,69H,4-6,8-9,11-15,17-18,21-22,24,26,29,33,36-68H2,1-3H3/b10-7-,19-16-,23-20-,27-25-,30-28-,32-31-,35-34-. The molecule has 0 saturated heterocycles. The highest BCUT2D eigenvalue weighted by molar-refractivity contribution is 5.71. The minimum atomic E-state index is -0.780. The summed E-state index contributed by atoms with van der Waals surface area (Å²) in [6, 6.07) is 0. The lowest BCUT2D eigenvalue weighted by Gasteiger charge is -2.18. The van der Waals surface area contributed by atoms with E-state index < -0.39 is 6.10 Å². The third-order valence-electron chi connectivity index (χ3n) is 14.6. The van der Waals surface area contributed by atoms with Gasteiger partial charge in [0.2, 0.25) is 0 Å². The summed E-state index contributed by atoms with van der Waals surface area (Å²) in [5, 5.41) is 0. The number of esters is 3. The van der Waals surface area contributed by atoms with Crippen LogP contribution < -0.4 is 0 Å². The highest BCUT2D eigenvalue weighted by atomic mass is 16.6. The number of carbonyl (C=O) groups is 3. The Balaban J connectivity index is 4.25. The Morgan fingerprint density at radius 1 is 0.269 bits per heavy atom. The van der Waals surface area contributed by atoms with Crippen molar-refractivity contribution in [1.82, 2.24) is 0 Å². The maximum absolute atomic E-state index is 12.9. The van der Waals surface area contributed by atoms with E-state index >= 15 is 0 Å². The SMILES string of the molecule is CC/C=C\C/C=C\C/C=C\C/C=C\C/C=C\CCCCCCCCCCCCCCCC(=O)OCC(COC(=O)CCCCCCCCCCCCCCC)OC(=O)CCCCCCCCC/C=C\C/C=C\CCCCCC. The van der Waals surface area contributed by atoms with Crippen LogP contribution in [0.1, 0.15) is 335 Å².